The van der Waals surface area contributed by atoms with E-state index in [2.05, 4.69) is 81.7 Å². The highest BCUT2D eigenvalue weighted by atomic mass is 16.5. The molecule has 2 aliphatic rings. The predicted octanol–water partition coefficient (Wildman–Crippen LogP) is 6.06. The minimum atomic E-state index is -1.08. The van der Waals surface area contributed by atoms with E-state index in [1.807, 2.05) is 58.7 Å². The number of hydrogen-bond donors (Lipinski definition) is 2. The van der Waals surface area contributed by atoms with Crippen LogP contribution in [-0.2, 0) is 20.9 Å². The van der Waals surface area contributed by atoms with Crippen molar-refractivity contribution < 1.29 is 19.1 Å². The van der Waals surface area contributed by atoms with E-state index in [1.54, 1.807) is 19.6 Å². The van der Waals surface area contributed by atoms with E-state index in [9.17, 15) is 9.59 Å². The summed E-state index contributed by atoms with van der Waals surface area (Å²) in [6.07, 6.45) is 6.93. The fourth-order valence-electron chi connectivity index (χ4n) is 7.10. The molecule has 54 heavy (non-hydrogen) atoms. The zero-order valence-electron chi connectivity index (χ0n) is 31.9. The summed E-state index contributed by atoms with van der Waals surface area (Å²) < 4.78 is 13.5. The highest BCUT2D eigenvalue weighted by molar-refractivity contribution is 6.01. The lowest BCUT2D eigenvalue weighted by Crippen LogP contribution is -2.48. The standard InChI is InChI=1S/C41H49N9O4/c1-27(2)54-35-14-11-31(22-42-35)37-33-21-32(12-13-34(33)45-46-37)44-39(52)41(53-6)17-20-48(25-41)23-36(51)49-18-15-29(16-19-49)28-7-9-30(10-8-28)38-43-26-50(47-38)24-40(3,4)5/h7-15,21-22,26-27H,16-20,23-25H2,1-6H3,(H,44,52)(H,45,46)/t41-/m0/s1. The lowest BCUT2D eigenvalue weighted by molar-refractivity contribution is -0.138. The third-order valence-electron chi connectivity index (χ3n) is 9.91. The van der Waals surface area contributed by atoms with Crippen LogP contribution in [0.5, 0.6) is 5.88 Å². The lowest BCUT2D eigenvalue weighted by atomic mass is 9.97. The molecule has 0 unspecified atom stereocenters. The van der Waals surface area contributed by atoms with Crippen molar-refractivity contribution in [1.82, 2.24) is 39.7 Å². The molecular formula is C41H49N9O4. The van der Waals surface area contributed by atoms with E-state index >= 15 is 0 Å². The van der Waals surface area contributed by atoms with Gasteiger partial charge >= 0.3 is 0 Å². The van der Waals surface area contributed by atoms with Crippen LogP contribution in [0.25, 0.3) is 39.1 Å². The number of H-pyrrole nitrogens is 1. The number of aromatic amines is 1. The summed E-state index contributed by atoms with van der Waals surface area (Å²) in [5, 5.41) is 16.1. The van der Waals surface area contributed by atoms with Crippen LogP contribution in [0.2, 0.25) is 0 Å². The largest absolute Gasteiger partial charge is 0.475 e. The monoisotopic (exact) mass is 731 g/mol. The molecule has 1 atom stereocenters. The van der Waals surface area contributed by atoms with Crippen molar-refractivity contribution in [1.29, 1.82) is 0 Å². The zero-order chi connectivity index (χ0) is 38.0. The minimum Gasteiger partial charge on any atom is -0.475 e. The van der Waals surface area contributed by atoms with Crippen molar-refractivity contribution in [3.8, 4) is 28.5 Å². The summed E-state index contributed by atoms with van der Waals surface area (Å²) in [5.41, 5.74) is 5.40. The van der Waals surface area contributed by atoms with Crippen molar-refractivity contribution >= 4 is 34.0 Å². The number of nitrogens with one attached hydrogen (secondary N) is 2. The number of amides is 2. The zero-order valence-corrected chi connectivity index (χ0v) is 31.9. The molecule has 13 nitrogen and oxygen atoms in total. The van der Waals surface area contributed by atoms with Gasteiger partial charge in [-0.05, 0) is 67.5 Å². The van der Waals surface area contributed by atoms with E-state index < -0.39 is 5.60 Å². The minimum absolute atomic E-state index is 0.0280. The predicted molar refractivity (Wildman–Crippen MR) is 209 cm³/mol. The third-order valence-corrected chi connectivity index (χ3v) is 9.91. The molecule has 13 heteroatoms. The second-order valence-corrected chi connectivity index (χ2v) is 15.7. The summed E-state index contributed by atoms with van der Waals surface area (Å²) in [6.45, 7) is 13.6. The Hall–Kier alpha value is -5.40. The van der Waals surface area contributed by atoms with Gasteiger partial charge in [-0.2, -0.15) is 10.2 Å². The first-order valence-electron chi connectivity index (χ1n) is 18.6. The molecule has 0 radical (unpaired) electrons. The summed E-state index contributed by atoms with van der Waals surface area (Å²) >= 11 is 0. The van der Waals surface area contributed by atoms with Crippen LogP contribution in [0.15, 0.2) is 73.2 Å². The van der Waals surface area contributed by atoms with Gasteiger partial charge in [0.05, 0.1) is 18.2 Å². The van der Waals surface area contributed by atoms with E-state index in [0.717, 1.165) is 52.1 Å². The van der Waals surface area contributed by atoms with Crippen LogP contribution in [0.1, 0.15) is 53.0 Å². The molecular weight excluding hydrogens is 683 g/mol. The van der Waals surface area contributed by atoms with Gasteiger partial charge in [0, 0.05) is 74.3 Å². The molecule has 0 aliphatic carbocycles. The molecule has 2 aromatic carbocycles. The van der Waals surface area contributed by atoms with Gasteiger partial charge in [0.15, 0.2) is 11.4 Å². The maximum absolute atomic E-state index is 13.8. The maximum Gasteiger partial charge on any atom is 0.258 e. The highest BCUT2D eigenvalue weighted by Crippen LogP contribution is 2.32. The Kier molecular flexibility index (Phi) is 10.4. The Morgan fingerprint density at radius 1 is 1.00 bits per heavy atom. The van der Waals surface area contributed by atoms with Crippen LogP contribution in [0.4, 0.5) is 5.69 Å². The van der Waals surface area contributed by atoms with Crippen molar-refractivity contribution in [2.75, 3.05) is 45.2 Å². The average Bonchev–Trinajstić information content (AvgIpc) is 3.90. The van der Waals surface area contributed by atoms with Gasteiger partial charge in [-0.25, -0.2) is 9.97 Å². The number of aromatic nitrogens is 6. The molecule has 3 aromatic heterocycles. The molecule has 7 rings (SSSR count). The van der Waals surface area contributed by atoms with Crippen LogP contribution < -0.4 is 10.1 Å². The Morgan fingerprint density at radius 3 is 2.46 bits per heavy atom. The summed E-state index contributed by atoms with van der Waals surface area (Å²) in [4.78, 5) is 40.0. The smallest absolute Gasteiger partial charge is 0.258 e. The Balaban J connectivity index is 0.936. The topological polar surface area (TPSA) is 143 Å². The molecule has 0 spiro atoms. The maximum atomic E-state index is 13.8. The second-order valence-electron chi connectivity index (χ2n) is 15.7. The first-order valence-corrected chi connectivity index (χ1v) is 18.6. The number of ether oxygens (including phenoxy) is 2. The number of fused-ring (bicyclic) bond motifs is 1. The van der Waals surface area contributed by atoms with Crippen molar-refractivity contribution in [3.05, 3.63) is 78.8 Å². The number of methoxy groups -OCH3 is 1. The number of hydrogen-bond acceptors (Lipinski definition) is 9. The highest BCUT2D eigenvalue weighted by Gasteiger charge is 2.45. The molecule has 2 amide bonds. The Morgan fingerprint density at radius 2 is 1.78 bits per heavy atom. The number of carbonyl (C=O) groups is 2. The first kappa shape index (κ1) is 36.9. The van der Waals surface area contributed by atoms with Gasteiger partial charge in [0.25, 0.3) is 5.91 Å². The molecule has 1 fully saturated rings. The normalized spacial score (nSPS) is 18.0. The second kappa shape index (κ2) is 15.2. The van der Waals surface area contributed by atoms with Gasteiger partial charge in [0.2, 0.25) is 11.8 Å². The van der Waals surface area contributed by atoms with E-state index in [1.165, 1.54) is 5.57 Å². The number of benzene rings is 2. The van der Waals surface area contributed by atoms with Crippen LogP contribution in [-0.4, -0.2) is 103 Å². The van der Waals surface area contributed by atoms with Gasteiger partial charge in [-0.1, -0.05) is 51.1 Å². The average molecular weight is 732 g/mol. The van der Waals surface area contributed by atoms with Crippen LogP contribution >= 0.6 is 0 Å². The summed E-state index contributed by atoms with van der Waals surface area (Å²) in [6, 6.07) is 17.7. The van der Waals surface area contributed by atoms with Crippen LogP contribution in [0, 0.1) is 5.41 Å². The van der Waals surface area contributed by atoms with Crippen LogP contribution in [0.3, 0.4) is 0 Å². The van der Waals surface area contributed by atoms with E-state index in [0.29, 0.717) is 44.2 Å². The Bertz CT molecular complexity index is 2150. The fraction of sp³-hybridized carbons (Fsp3) is 0.415. The molecule has 5 aromatic rings. The van der Waals surface area contributed by atoms with E-state index in [4.69, 9.17) is 9.47 Å². The van der Waals surface area contributed by atoms with Gasteiger partial charge < -0.3 is 19.7 Å². The lowest BCUT2D eigenvalue weighted by Gasteiger charge is -2.30. The number of rotatable bonds is 11. The van der Waals surface area contributed by atoms with E-state index in [-0.39, 0.29) is 29.9 Å². The van der Waals surface area contributed by atoms with Gasteiger partial charge in [-0.15, -0.1) is 0 Å². The molecule has 2 aliphatic heterocycles. The van der Waals surface area contributed by atoms with Crippen molar-refractivity contribution in [2.45, 2.75) is 65.7 Å². The number of pyridine rings is 1. The first-order chi connectivity index (χ1) is 25.9. The molecule has 1 saturated heterocycles. The molecule has 2 N–H and O–H groups in total. The quantitative estimate of drug-likeness (QED) is 0.166. The number of likely N-dealkylation sites (tertiary alicyclic amines) is 1. The van der Waals surface area contributed by atoms with Crippen molar-refractivity contribution in [2.24, 2.45) is 5.41 Å². The Labute approximate surface area is 315 Å². The summed E-state index contributed by atoms with van der Waals surface area (Å²) in [5.74, 6) is 1.07. The summed E-state index contributed by atoms with van der Waals surface area (Å²) in [7, 11) is 1.56. The third kappa shape index (κ3) is 8.22. The number of anilines is 1. The molecule has 0 bridgehead atoms. The number of carbonyl (C=O) groups excluding carboxylic acids is 2. The number of nitrogens with zero attached hydrogens (tertiary/aromatic N) is 7. The van der Waals surface area contributed by atoms with Gasteiger partial charge in [0.1, 0.15) is 12.0 Å². The molecule has 0 saturated carbocycles. The SMILES string of the molecule is CO[C@@]1(C(=O)Nc2ccc3[nH]nc(-c4ccc(OC(C)C)nc4)c3c2)CCN(CC(=O)N2CC=C(c3ccc(-c4ncn(CC(C)(C)C)n4)cc3)CC2)C1. The fourth-order valence-corrected chi connectivity index (χ4v) is 7.10. The van der Waals surface area contributed by atoms with Crippen molar-refractivity contribution in [3.63, 3.8) is 0 Å². The van der Waals surface area contributed by atoms with Gasteiger partial charge in [-0.3, -0.25) is 24.3 Å². The molecule has 5 heterocycles. The molecule has 282 valence electrons.